The molecule has 2 nitrogen and oxygen atoms in total. The molecule has 0 bridgehead atoms. The van der Waals surface area contributed by atoms with Gasteiger partial charge in [0.15, 0.2) is 0 Å². The van der Waals surface area contributed by atoms with Gasteiger partial charge in [0.1, 0.15) is 5.82 Å². The van der Waals surface area contributed by atoms with Gasteiger partial charge in [-0.25, -0.2) is 4.39 Å². The van der Waals surface area contributed by atoms with Crippen molar-refractivity contribution in [3.05, 3.63) is 29.8 Å². The first kappa shape index (κ1) is 13.5. The highest BCUT2D eigenvalue weighted by atomic mass is 19.1. The third-order valence-corrected chi connectivity index (χ3v) is 4.27. The van der Waals surface area contributed by atoms with Crippen molar-refractivity contribution in [3.63, 3.8) is 0 Å². The van der Waals surface area contributed by atoms with E-state index < -0.39 is 0 Å². The maximum Gasteiger partial charge on any atom is 0.141 e. The molecule has 3 unspecified atom stereocenters. The molecule has 100 valence electrons. The second-order valence-electron chi connectivity index (χ2n) is 5.40. The Morgan fingerprint density at radius 2 is 2.28 bits per heavy atom. The highest BCUT2D eigenvalue weighted by Gasteiger charge is 2.28. The lowest BCUT2D eigenvalue weighted by molar-refractivity contribution is 0.214. The lowest BCUT2D eigenvalue weighted by atomic mass is 9.75. The van der Waals surface area contributed by atoms with E-state index in [1.165, 1.54) is 38.3 Å². The molecular weight excluding hydrogens is 227 g/mol. The van der Waals surface area contributed by atoms with E-state index in [0.717, 1.165) is 11.5 Å². The number of pyridine rings is 1. The van der Waals surface area contributed by atoms with Crippen LogP contribution in [0.5, 0.6) is 0 Å². The third-order valence-electron chi connectivity index (χ3n) is 4.27. The summed E-state index contributed by atoms with van der Waals surface area (Å²) in [7, 11) is 1.96. The van der Waals surface area contributed by atoms with Crippen LogP contribution in [0.3, 0.4) is 0 Å². The van der Waals surface area contributed by atoms with E-state index in [0.29, 0.717) is 5.92 Å². The van der Waals surface area contributed by atoms with E-state index >= 15 is 0 Å². The molecule has 0 aromatic carbocycles. The zero-order valence-corrected chi connectivity index (χ0v) is 11.3. The van der Waals surface area contributed by atoms with Crippen LogP contribution in [0.1, 0.15) is 50.6 Å². The first-order valence-corrected chi connectivity index (χ1v) is 7.02. The van der Waals surface area contributed by atoms with Crippen molar-refractivity contribution in [3.8, 4) is 0 Å². The van der Waals surface area contributed by atoms with Gasteiger partial charge >= 0.3 is 0 Å². The van der Waals surface area contributed by atoms with Crippen molar-refractivity contribution in [2.24, 2.45) is 11.8 Å². The minimum absolute atomic E-state index is 0.238. The van der Waals surface area contributed by atoms with Gasteiger partial charge in [0.2, 0.25) is 0 Å². The van der Waals surface area contributed by atoms with Gasteiger partial charge in [0.05, 0.1) is 6.20 Å². The lowest BCUT2D eigenvalue weighted by Gasteiger charge is -2.34. The summed E-state index contributed by atoms with van der Waals surface area (Å²) in [6, 6.07) is 1.85. The fraction of sp³-hybridized carbons (Fsp3) is 0.667. The summed E-state index contributed by atoms with van der Waals surface area (Å²) < 4.78 is 13.3. The Kier molecular flexibility index (Phi) is 4.70. The van der Waals surface area contributed by atoms with Crippen molar-refractivity contribution in [2.45, 2.75) is 45.1 Å². The van der Waals surface area contributed by atoms with Crippen molar-refractivity contribution in [2.75, 3.05) is 7.05 Å². The quantitative estimate of drug-likeness (QED) is 0.881. The van der Waals surface area contributed by atoms with Crippen LogP contribution in [0.15, 0.2) is 18.5 Å². The van der Waals surface area contributed by atoms with E-state index in [9.17, 15) is 4.39 Å². The van der Waals surface area contributed by atoms with Crippen LogP contribution < -0.4 is 5.32 Å². The number of aromatic nitrogens is 1. The van der Waals surface area contributed by atoms with Gasteiger partial charge in [-0.3, -0.25) is 4.98 Å². The number of hydrogen-bond acceptors (Lipinski definition) is 2. The molecule has 0 aliphatic heterocycles. The van der Waals surface area contributed by atoms with Gasteiger partial charge in [0, 0.05) is 12.2 Å². The third kappa shape index (κ3) is 3.08. The zero-order valence-electron chi connectivity index (χ0n) is 11.3. The Labute approximate surface area is 109 Å². The van der Waals surface area contributed by atoms with Crippen molar-refractivity contribution in [1.29, 1.82) is 0 Å². The van der Waals surface area contributed by atoms with E-state index in [1.807, 2.05) is 7.05 Å². The van der Waals surface area contributed by atoms with Gasteiger partial charge in [-0.15, -0.1) is 0 Å². The maximum atomic E-state index is 13.3. The molecule has 18 heavy (non-hydrogen) atoms. The summed E-state index contributed by atoms with van der Waals surface area (Å²) in [5.74, 6) is 1.20. The minimum Gasteiger partial charge on any atom is -0.313 e. The Balaban J connectivity index is 2.12. The molecule has 1 aromatic heterocycles. The zero-order chi connectivity index (χ0) is 13.0. The number of nitrogens with one attached hydrogen (secondary N) is 1. The summed E-state index contributed by atoms with van der Waals surface area (Å²) in [6.45, 7) is 2.27. The normalized spacial score (nSPS) is 25.9. The monoisotopic (exact) mass is 250 g/mol. The maximum absolute atomic E-state index is 13.3. The molecule has 1 saturated carbocycles. The molecule has 1 aliphatic carbocycles. The van der Waals surface area contributed by atoms with Gasteiger partial charge in [0.25, 0.3) is 0 Å². The SMILES string of the molecule is CCC1CCCC(C(NC)c2cncc(F)c2)C1. The first-order valence-electron chi connectivity index (χ1n) is 7.02. The molecular formula is C15H23FN2. The van der Waals surface area contributed by atoms with Gasteiger partial charge in [-0.2, -0.15) is 0 Å². The molecule has 1 N–H and O–H groups in total. The standard InChI is InChI=1S/C15H23FN2/c1-3-11-5-4-6-12(7-11)15(17-2)13-8-14(16)10-18-9-13/h8-12,15,17H,3-7H2,1-2H3. The van der Waals surface area contributed by atoms with Crippen molar-refractivity contribution >= 4 is 0 Å². The fourth-order valence-corrected chi connectivity index (χ4v) is 3.28. The molecule has 0 saturated heterocycles. The predicted octanol–water partition coefficient (Wildman–Crippen LogP) is 3.70. The summed E-state index contributed by atoms with van der Waals surface area (Å²) in [5, 5.41) is 3.35. The summed E-state index contributed by atoms with van der Waals surface area (Å²) in [5.41, 5.74) is 0.985. The second kappa shape index (κ2) is 6.28. The Bertz CT molecular complexity index is 381. The fourth-order valence-electron chi connectivity index (χ4n) is 3.28. The molecule has 2 rings (SSSR count). The van der Waals surface area contributed by atoms with Gasteiger partial charge < -0.3 is 5.32 Å². The molecule has 0 amide bonds. The van der Waals surface area contributed by atoms with E-state index in [4.69, 9.17) is 0 Å². The highest BCUT2D eigenvalue weighted by Crippen LogP contribution is 2.38. The Morgan fingerprint density at radius 3 is 2.94 bits per heavy atom. The van der Waals surface area contributed by atoms with Crippen LogP contribution >= 0.6 is 0 Å². The van der Waals surface area contributed by atoms with Crippen LogP contribution in [0.25, 0.3) is 0 Å². The number of halogens is 1. The lowest BCUT2D eigenvalue weighted by Crippen LogP contribution is -2.29. The molecule has 1 aliphatic rings. The van der Waals surface area contributed by atoms with Crippen molar-refractivity contribution in [1.82, 2.24) is 10.3 Å². The van der Waals surface area contributed by atoms with Crippen LogP contribution in [0, 0.1) is 17.7 Å². The van der Waals surface area contributed by atoms with Crippen LogP contribution in [0.2, 0.25) is 0 Å². The molecule has 1 fully saturated rings. The molecule has 3 heteroatoms. The molecule has 0 radical (unpaired) electrons. The summed E-state index contributed by atoms with van der Waals surface area (Å²) >= 11 is 0. The molecule has 1 aromatic rings. The molecule has 0 spiro atoms. The number of hydrogen-bond donors (Lipinski definition) is 1. The average Bonchev–Trinajstić information content (AvgIpc) is 2.40. The largest absolute Gasteiger partial charge is 0.313 e. The van der Waals surface area contributed by atoms with E-state index in [1.54, 1.807) is 12.3 Å². The number of rotatable bonds is 4. The average molecular weight is 250 g/mol. The van der Waals surface area contributed by atoms with E-state index in [2.05, 4.69) is 17.2 Å². The van der Waals surface area contributed by atoms with Gasteiger partial charge in [-0.1, -0.05) is 26.2 Å². The first-order chi connectivity index (χ1) is 8.74. The predicted molar refractivity (Wildman–Crippen MR) is 71.7 cm³/mol. The number of nitrogens with zero attached hydrogens (tertiary/aromatic N) is 1. The van der Waals surface area contributed by atoms with E-state index in [-0.39, 0.29) is 11.9 Å². The Hall–Kier alpha value is -0.960. The van der Waals surface area contributed by atoms with Crippen LogP contribution in [-0.2, 0) is 0 Å². The highest BCUT2D eigenvalue weighted by molar-refractivity contribution is 5.16. The second-order valence-corrected chi connectivity index (χ2v) is 5.40. The van der Waals surface area contributed by atoms with Crippen LogP contribution in [0.4, 0.5) is 4.39 Å². The topological polar surface area (TPSA) is 24.9 Å². The summed E-state index contributed by atoms with van der Waals surface area (Å²) in [4.78, 5) is 3.97. The smallest absolute Gasteiger partial charge is 0.141 e. The Morgan fingerprint density at radius 1 is 1.44 bits per heavy atom. The molecule has 3 atom stereocenters. The minimum atomic E-state index is -0.240. The van der Waals surface area contributed by atoms with Crippen molar-refractivity contribution < 1.29 is 4.39 Å². The summed E-state index contributed by atoms with van der Waals surface area (Å²) in [6.07, 6.45) is 9.45. The molecule has 1 heterocycles. The van der Waals surface area contributed by atoms with Gasteiger partial charge in [-0.05, 0) is 43.4 Å². The van der Waals surface area contributed by atoms with Crippen LogP contribution in [-0.4, -0.2) is 12.0 Å².